The molecule has 0 radical (unpaired) electrons. The van der Waals surface area contributed by atoms with E-state index in [1.165, 1.54) is 0 Å². The molecule has 4 rings (SSSR count). The van der Waals surface area contributed by atoms with Crippen molar-refractivity contribution in [3.63, 3.8) is 0 Å². The first-order valence-corrected chi connectivity index (χ1v) is 11.1. The number of amides is 4. The van der Waals surface area contributed by atoms with E-state index in [2.05, 4.69) is 4.90 Å². The number of nitrogens with zero attached hydrogens (tertiary/aromatic N) is 3. The van der Waals surface area contributed by atoms with Crippen molar-refractivity contribution in [2.24, 2.45) is 5.92 Å². The molecule has 4 amide bonds. The highest BCUT2D eigenvalue weighted by Crippen LogP contribution is 2.41. The van der Waals surface area contributed by atoms with Gasteiger partial charge >= 0.3 is 17.8 Å². The van der Waals surface area contributed by atoms with Crippen LogP contribution in [0.25, 0.3) is 0 Å². The van der Waals surface area contributed by atoms with Crippen LogP contribution in [-0.2, 0) is 16.0 Å². The minimum Gasteiger partial charge on any atom is -0.493 e. The number of ether oxygens (including phenoxy) is 2. The Bertz CT molecular complexity index is 1070. The van der Waals surface area contributed by atoms with Crippen molar-refractivity contribution in [2.75, 3.05) is 34.0 Å². The van der Waals surface area contributed by atoms with Gasteiger partial charge in [-0.3, -0.25) is 19.4 Å². The number of carbonyl (C=O) groups excluding carboxylic acids is 3. The molecule has 33 heavy (non-hydrogen) atoms. The fraction of sp³-hybridized carbons (Fsp3) is 0.400. The number of hydrogen-bond donors (Lipinski definition) is 0. The number of fused-ring (bicyclic) bond motifs is 1. The van der Waals surface area contributed by atoms with E-state index in [1.807, 2.05) is 56.3 Å². The van der Waals surface area contributed by atoms with Crippen LogP contribution in [0, 0.1) is 5.92 Å². The fourth-order valence-corrected chi connectivity index (χ4v) is 4.56. The van der Waals surface area contributed by atoms with Gasteiger partial charge in [-0.25, -0.2) is 9.69 Å². The third-order valence-corrected chi connectivity index (χ3v) is 6.09. The summed E-state index contributed by atoms with van der Waals surface area (Å²) in [6.45, 7) is 4.68. The number of rotatable bonds is 7. The van der Waals surface area contributed by atoms with Crippen LogP contribution in [0.15, 0.2) is 42.5 Å². The predicted molar refractivity (Wildman–Crippen MR) is 122 cm³/mol. The minimum absolute atomic E-state index is 0.0331. The van der Waals surface area contributed by atoms with E-state index in [4.69, 9.17) is 9.47 Å². The Kier molecular flexibility index (Phi) is 6.37. The van der Waals surface area contributed by atoms with E-state index in [0.717, 1.165) is 26.5 Å². The van der Waals surface area contributed by atoms with E-state index in [9.17, 15) is 14.4 Å². The van der Waals surface area contributed by atoms with Gasteiger partial charge in [-0.05, 0) is 41.2 Å². The van der Waals surface area contributed by atoms with E-state index < -0.39 is 17.8 Å². The highest BCUT2D eigenvalue weighted by molar-refractivity contribution is 6.44. The summed E-state index contributed by atoms with van der Waals surface area (Å²) in [5.74, 6) is -0.173. The van der Waals surface area contributed by atoms with E-state index in [-0.39, 0.29) is 25.2 Å². The third kappa shape index (κ3) is 4.18. The Balaban J connectivity index is 1.71. The number of methoxy groups -OCH3 is 2. The third-order valence-electron chi connectivity index (χ3n) is 6.09. The van der Waals surface area contributed by atoms with Gasteiger partial charge in [0, 0.05) is 13.1 Å². The highest BCUT2D eigenvalue weighted by Gasteiger charge is 2.46. The second-order valence-electron chi connectivity index (χ2n) is 8.75. The molecule has 0 saturated carbocycles. The maximum absolute atomic E-state index is 13.0. The van der Waals surface area contributed by atoms with Gasteiger partial charge in [0.15, 0.2) is 11.5 Å². The fourth-order valence-electron chi connectivity index (χ4n) is 4.56. The van der Waals surface area contributed by atoms with Crippen LogP contribution in [0.2, 0.25) is 0 Å². The van der Waals surface area contributed by atoms with Crippen LogP contribution < -0.4 is 9.47 Å². The molecule has 174 valence electrons. The molecule has 0 N–H and O–H groups in total. The molecule has 2 aromatic carbocycles. The average Bonchev–Trinajstić information content (AvgIpc) is 3.01. The molecule has 0 aromatic heterocycles. The van der Waals surface area contributed by atoms with Crippen molar-refractivity contribution in [1.82, 2.24) is 14.7 Å². The normalized spacial score (nSPS) is 18.8. The van der Waals surface area contributed by atoms with Crippen molar-refractivity contribution in [1.29, 1.82) is 0 Å². The maximum atomic E-state index is 13.0. The molecule has 1 saturated heterocycles. The first kappa shape index (κ1) is 22.8. The Morgan fingerprint density at radius 2 is 1.58 bits per heavy atom. The molecular formula is C25H29N3O5. The Labute approximate surface area is 193 Å². The molecule has 8 nitrogen and oxygen atoms in total. The number of hydrogen-bond acceptors (Lipinski definition) is 6. The molecule has 2 heterocycles. The molecule has 0 unspecified atom stereocenters. The van der Waals surface area contributed by atoms with Crippen LogP contribution in [0.5, 0.6) is 11.5 Å². The van der Waals surface area contributed by atoms with Gasteiger partial charge in [-0.2, -0.15) is 0 Å². The van der Waals surface area contributed by atoms with Gasteiger partial charge in [0.05, 0.1) is 26.9 Å². The van der Waals surface area contributed by atoms with Crippen molar-refractivity contribution in [2.45, 2.75) is 26.3 Å². The van der Waals surface area contributed by atoms with Crippen LogP contribution in [0.4, 0.5) is 4.79 Å². The van der Waals surface area contributed by atoms with E-state index >= 15 is 0 Å². The van der Waals surface area contributed by atoms with E-state index in [1.54, 1.807) is 14.2 Å². The second kappa shape index (κ2) is 9.23. The molecule has 2 aliphatic rings. The van der Waals surface area contributed by atoms with Crippen LogP contribution in [0.1, 0.15) is 36.6 Å². The average molecular weight is 452 g/mol. The van der Waals surface area contributed by atoms with Gasteiger partial charge in [-0.1, -0.05) is 44.2 Å². The van der Waals surface area contributed by atoms with Gasteiger partial charge in [-0.15, -0.1) is 0 Å². The van der Waals surface area contributed by atoms with Gasteiger partial charge < -0.3 is 9.47 Å². The molecule has 0 aliphatic carbocycles. The van der Waals surface area contributed by atoms with Crippen molar-refractivity contribution >= 4 is 17.8 Å². The maximum Gasteiger partial charge on any atom is 0.335 e. The van der Waals surface area contributed by atoms with Gasteiger partial charge in [0.25, 0.3) is 0 Å². The largest absolute Gasteiger partial charge is 0.493 e. The minimum atomic E-state index is -0.773. The lowest BCUT2D eigenvalue weighted by Gasteiger charge is -2.39. The zero-order valence-corrected chi connectivity index (χ0v) is 19.4. The summed E-state index contributed by atoms with van der Waals surface area (Å²) in [6, 6.07) is 13.1. The zero-order chi connectivity index (χ0) is 23.7. The summed E-state index contributed by atoms with van der Waals surface area (Å²) in [5.41, 5.74) is 3.17. The molecular weight excluding hydrogens is 422 g/mol. The van der Waals surface area contributed by atoms with Crippen LogP contribution in [0.3, 0.4) is 0 Å². The lowest BCUT2D eigenvalue weighted by Crippen LogP contribution is -2.46. The molecule has 0 spiro atoms. The highest BCUT2D eigenvalue weighted by atomic mass is 16.5. The standard InChI is InChI=1S/C25H29N3O5/c1-16(2)14-27-23(29)24(30)28(25(27)31)15-26-11-10-18-12-20(32-3)21(33-4)13-19(18)22(26)17-8-6-5-7-9-17/h5-9,12-13,16,22H,10-11,14-15H2,1-4H3/t22-/m1/s1. The second-order valence-corrected chi connectivity index (χ2v) is 8.75. The Morgan fingerprint density at radius 3 is 2.21 bits per heavy atom. The van der Waals surface area contributed by atoms with E-state index in [0.29, 0.717) is 24.5 Å². The first-order chi connectivity index (χ1) is 15.8. The van der Waals surface area contributed by atoms with Crippen LogP contribution >= 0.6 is 0 Å². The first-order valence-electron chi connectivity index (χ1n) is 11.1. The Hall–Kier alpha value is -3.39. The summed E-state index contributed by atoms with van der Waals surface area (Å²) < 4.78 is 11.0. The topological polar surface area (TPSA) is 79.4 Å². The summed E-state index contributed by atoms with van der Waals surface area (Å²) in [7, 11) is 3.21. The van der Waals surface area contributed by atoms with Crippen molar-refractivity contribution in [3.8, 4) is 11.5 Å². The summed E-state index contributed by atoms with van der Waals surface area (Å²) in [6.07, 6.45) is 0.707. The lowest BCUT2D eigenvalue weighted by atomic mass is 9.88. The molecule has 0 bridgehead atoms. The number of urea groups is 1. The molecule has 2 aromatic rings. The monoisotopic (exact) mass is 451 g/mol. The number of benzene rings is 2. The molecule has 1 atom stereocenters. The molecule has 1 fully saturated rings. The Morgan fingerprint density at radius 1 is 0.939 bits per heavy atom. The van der Waals surface area contributed by atoms with Crippen LogP contribution in [-0.4, -0.2) is 66.5 Å². The SMILES string of the molecule is COc1cc2c(cc1OC)[C@@H](c1ccccc1)N(CN1C(=O)C(=O)N(CC(C)C)C1=O)CC2. The quantitative estimate of drug-likeness (QED) is 0.476. The number of imide groups is 2. The smallest absolute Gasteiger partial charge is 0.335 e. The molecule has 2 aliphatic heterocycles. The van der Waals surface area contributed by atoms with Crippen molar-refractivity contribution < 1.29 is 23.9 Å². The summed E-state index contributed by atoms with van der Waals surface area (Å²) in [4.78, 5) is 42.3. The number of carbonyl (C=O) groups is 3. The summed E-state index contributed by atoms with van der Waals surface area (Å²) in [5, 5.41) is 0. The summed E-state index contributed by atoms with van der Waals surface area (Å²) >= 11 is 0. The van der Waals surface area contributed by atoms with Crippen molar-refractivity contribution in [3.05, 3.63) is 59.2 Å². The lowest BCUT2D eigenvalue weighted by molar-refractivity contribution is -0.144. The molecule has 8 heteroatoms. The van der Waals surface area contributed by atoms with Gasteiger partial charge in [0.1, 0.15) is 0 Å². The van der Waals surface area contributed by atoms with Gasteiger partial charge in [0.2, 0.25) is 0 Å². The predicted octanol–water partition coefficient (Wildman–Crippen LogP) is 3.06. The zero-order valence-electron chi connectivity index (χ0n) is 19.4.